The Morgan fingerprint density at radius 2 is 2.05 bits per heavy atom. The Morgan fingerprint density at radius 3 is 2.86 bits per heavy atom. The van der Waals surface area contributed by atoms with Gasteiger partial charge in [0.2, 0.25) is 0 Å². The summed E-state index contributed by atoms with van der Waals surface area (Å²) >= 11 is 0. The summed E-state index contributed by atoms with van der Waals surface area (Å²) in [6, 6.07) is 2.31. The summed E-state index contributed by atoms with van der Waals surface area (Å²) < 4.78 is 10.3. The Kier molecular flexibility index (Phi) is 2.05. The van der Waals surface area contributed by atoms with E-state index in [1.807, 2.05) is 12.6 Å². The highest BCUT2D eigenvalue weighted by molar-refractivity contribution is 6.18. The number of benzene rings is 1. The van der Waals surface area contributed by atoms with E-state index in [4.69, 9.17) is 4.74 Å². The van der Waals surface area contributed by atoms with Crippen molar-refractivity contribution in [1.29, 1.82) is 0 Å². The summed E-state index contributed by atoms with van der Waals surface area (Å²) in [5, 5.41) is 1.34. The van der Waals surface area contributed by atoms with Gasteiger partial charge in [-0.2, -0.15) is 0 Å². The zero-order valence-electron chi connectivity index (χ0n) is 13.2. The molecular weight excluding hydrogens is 274 g/mol. The van der Waals surface area contributed by atoms with Crippen molar-refractivity contribution in [2.24, 2.45) is 10.9 Å². The van der Waals surface area contributed by atoms with E-state index >= 15 is 0 Å². The van der Waals surface area contributed by atoms with Crippen LogP contribution < -0.4 is 0 Å². The molecular formula is C18H18N3O+. The highest BCUT2D eigenvalue weighted by atomic mass is 16.5. The Bertz CT molecular complexity index is 959. The van der Waals surface area contributed by atoms with Gasteiger partial charge in [0.15, 0.2) is 0 Å². The first-order chi connectivity index (χ1) is 10.6. The maximum atomic E-state index is 5.83. The molecule has 0 bridgehead atoms. The summed E-state index contributed by atoms with van der Waals surface area (Å²) in [5.41, 5.74) is 9.20. The Labute approximate surface area is 129 Å². The monoisotopic (exact) mass is 292 g/mol. The first kappa shape index (κ1) is 12.2. The topological polar surface area (TPSA) is 29.5 Å². The normalized spacial score (nSPS) is 24.6. The van der Waals surface area contributed by atoms with Gasteiger partial charge in [0, 0.05) is 17.1 Å². The van der Waals surface area contributed by atoms with Crippen LogP contribution in [0.15, 0.2) is 23.5 Å². The predicted octanol–water partition coefficient (Wildman–Crippen LogP) is 2.82. The SMILES string of the molecule is Cc1cc2c(C)cn3c2c(c1C)C1=[N+](C)C=NC2OC=C3C12. The maximum absolute atomic E-state index is 5.83. The minimum atomic E-state index is -0.119. The highest BCUT2D eigenvalue weighted by Crippen LogP contribution is 2.44. The number of hydrogen-bond donors (Lipinski definition) is 0. The molecule has 4 nitrogen and oxygen atoms in total. The Hall–Kier alpha value is -2.36. The van der Waals surface area contributed by atoms with Gasteiger partial charge < -0.3 is 9.30 Å². The third-order valence-electron chi connectivity index (χ3n) is 5.34. The molecule has 1 aromatic heterocycles. The number of ether oxygens (including phenoxy) is 1. The number of nitrogens with zero attached hydrogens (tertiary/aromatic N) is 3. The summed E-state index contributed by atoms with van der Waals surface area (Å²) in [4.78, 5) is 4.54. The number of aliphatic imine (C=N–C) groups is 1. The first-order valence-electron chi connectivity index (χ1n) is 7.69. The van der Waals surface area contributed by atoms with Crippen LogP contribution in [0.3, 0.4) is 0 Å². The highest BCUT2D eigenvalue weighted by Gasteiger charge is 2.49. The minimum Gasteiger partial charge on any atom is -0.453 e. The van der Waals surface area contributed by atoms with Crippen molar-refractivity contribution < 1.29 is 9.31 Å². The second kappa shape index (κ2) is 3.69. The third-order valence-corrected chi connectivity index (χ3v) is 5.34. The molecule has 0 fully saturated rings. The first-order valence-corrected chi connectivity index (χ1v) is 7.69. The largest absolute Gasteiger partial charge is 0.453 e. The molecule has 110 valence electrons. The minimum absolute atomic E-state index is 0.119. The van der Waals surface area contributed by atoms with Crippen LogP contribution >= 0.6 is 0 Å². The van der Waals surface area contributed by atoms with Crippen molar-refractivity contribution in [1.82, 2.24) is 4.57 Å². The maximum Gasteiger partial charge on any atom is 0.294 e. The molecule has 1 aromatic carbocycles. The lowest BCUT2D eigenvalue weighted by molar-refractivity contribution is -0.366. The fraction of sp³-hybridized carbons (Fsp3) is 0.333. The summed E-state index contributed by atoms with van der Waals surface area (Å²) in [7, 11) is 2.09. The van der Waals surface area contributed by atoms with Crippen molar-refractivity contribution >= 4 is 28.7 Å². The van der Waals surface area contributed by atoms with Gasteiger partial charge in [0.25, 0.3) is 12.6 Å². The van der Waals surface area contributed by atoms with E-state index in [0.29, 0.717) is 0 Å². The standard InChI is InChI=1S/C18H18N3O/c1-9-5-12-10(2)6-21-13-7-22-18-15(13)17(20(4)8-19-18)14(11(9)3)16(12)21/h5-8,15,18H,1-4H3/q+1. The summed E-state index contributed by atoms with van der Waals surface area (Å²) in [5.74, 6) is 0.193. The summed E-state index contributed by atoms with van der Waals surface area (Å²) in [6.07, 6.45) is 5.90. The Balaban J connectivity index is 2.05. The molecule has 3 aliphatic rings. The number of aryl methyl sites for hydroxylation is 2. The fourth-order valence-corrected chi connectivity index (χ4v) is 4.12. The van der Waals surface area contributed by atoms with Gasteiger partial charge in [-0.25, -0.2) is 4.58 Å². The fourth-order valence-electron chi connectivity index (χ4n) is 4.12. The molecule has 4 heteroatoms. The average molecular weight is 292 g/mol. The van der Waals surface area contributed by atoms with Crippen LogP contribution in [0.2, 0.25) is 0 Å². The quantitative estimate of drug-likeness (QED) is 0.687. The molecule has 0 radical (unpaired) electrons. The molecule has 0 saturated carbocycles. The lowest BCUT2D eigenvalue weighted by Crippen LogP contribution is -2.40. The average Bonchev–Trinajstić information content (AvgIpc) is 3.05. The number of fused-ring (bicyclic) bond motifs is 2. The van der Waals surface area contributed by atoms with Gasteiger partial charge in [-0.05, 0) is 48.5 Å². The zero-order valence-corrected chi connectivity index (χ0v) is 13.2. The molecule has 5 rings (SSSR count). The smallest absolute Gasteiger partial charge is 0.294 e. The molecule has 3 aliphatic heterocycles. The van der Waals surface area contributed by atoms with Crippen LogP contribution in [-0.2, 0) is 4.74 Å². The number of rotatable bonds is 0. The molecule has 0 N–H and O–H groups in total. The van der Waals surface area contributed by atoms with E-state index in [-0.39, 0.29) is 12.1 Å². The van der Waals surface area contributed by atoms with Gasteiger partial charge >= 0.3 is 0 Å². The third kappa shape index (κ3) is 1.21. The van der Waals surface area contributed by atoms with E-state index in [1.165, 1.54) is 44.6 Å². The van der Waals surface area contributed by atoms with Gasteiger partial charge in [-0.3, -0.25) is 0 Å². The lowest BCUT2D eigenvalue weighted by Gasteiger charge is -2.28. The van der Waals surface area contributed by atoms with Crippen molar-refractivity contribution in [3.63, 3.8) is 0 Å². The van der Waals surface area contributed by atoms with Crippen molar-refractivity contribution in [2.75, 3.05) is 7.05 Å². The van der Waals surface area contributed by atoms with Crippen molar-refractivity contribution in [3.8, 4) is 0 Å². The van der Waals surface area contributed by atoms with E-state index in [1.54, 1.807) is 0 Å². The lowest BCUT2D eigenvalue weighted by atomic mass is 9.84. The predicted molar refractivity (Wildman–Crippen MR) is 87.6 cm³/mol. The number of aromatic nitrogens is 1. The van der Waals surface area contributed by atoms with Crippen LogP contribution in [0.4, 0.5) is 0 Å². The van der Waals surface area contributed by atoms with Crippen LogP contribution in [0.25, 0.3) is 16.6 Å². The molecule has 22 heavy (non-hydrogen) atoms. The van der Waals surface area contributed by atoms with Gasteiger partial charge in [-0.1, -0.05) is 0 Å². The molecule has 2 atom stereocenters. The molecule has 0 spiro atoms. The molecule has 0 saturated heterocycles. The second-order valence-corrected chi connectivity index (χ2v) is 6.58. The molecule has 4 heterocycles. The van der Waals surface area contributed by atoms with Crippen LogP contribution in [0, 0.1) is 26.7 Å². The van der Waals surface area contributed by atoms with E-state index < -0.39 is 0 Å². The van der Waals surface area contributed by atoms with Gasteiger partial charge in [-0.15, -0.1) is 0 Å². The van der Waals surface area contributed by atoms with Crippen LogP contribution in [0.5, 0.6) is 0 Å². The van der Waals surface area contributed by atoms with E-state index in [2.05, 4.69) is 54.2 Å². The molecule has 2 unspecified atom stereocenters. The summed E-state index contributed by atoms with van der Waals surface area (Å²) in [6.45, 7) is 6.61. The molecule has 2 aromatic rings. The zero-order chi connectivity index (χ0) is 15.2. The van der Waals surface area contributed by atoms with Crippen LogP contribution in [0.1, 0.15) is 22.3 Å². The van der Waals surface area contributed by atoms with E-state index in [0.717, 1.165) is 0 Å². The second-order valence-electron chi connectivity index (χ2n) is 6.58. The van der Waals surface area contributed by atoms with E-state index in [9.17, 15) is 0 Å². The van der Waals surface area contributed by atoms with Crippen molar-refractivity contribution in [2.45, 2.75) is 27.0 Å². The molecule has 0 aliphatic carbocycles. The molecule has 0 amide bonds. The Morgan fingerprint density at radius 1 is 1.23 bits per heavy atom. The van der Waals surface area contributed by atoms with Gasteiger partial charge in [0.05, 0.1) is 18.3 Å². The van der Waals surface area contributed by atoms with Crippen molar-refractivity contribution in [3.05, 3.63) is 40.8 Å². The van der Waals surface area contributed by atoms with Crippen LogP contribution in [-0.4, -0.2) is 34.5 Å². The number of hydrogen-bond acceptors (Lipinski definition) is 2. The van der Waals surface area contributed by atoms with Gasteiger partial charge in [0.1, 0.15) is 17.9 Å².